The number of carboxylic acid groups (broad SMARTS) is 1. The topological polar surface area (TPSA) is 80.7 Å². The van der Waals surface area contributed by atoms with Crippen LogP contribution in [-0.2, 0) is 14.6 Å². The molecule has 1 aliphatic heterocycles. The van der Waals surface area contributed by atoms with Crippen molar-refractivity contribution in [1.29, 1.82) is 0 Å². The Morgan fingerprint density at radius 3 is 2.74 bits per heavy atom. The van der Waals surface area contributed by atoms with E-state index in [0.717, 1.165) is 12.8 Å². The second-order valence-corrected chi connectivity index (χ2v) is 6.73. The van der Waals surface area contributed by atoms with Crippen LogP contribution in [0.1, 0.15) is 28.8 Å². The molecule has 0 aliphatic carbocycles. The van der Waals surface area contributed by atoms with Crippen molar-refractivity contribution < 1.29 is 23.1 Å². The number of aromatic carboxylic acids is 1. The summed E-state index contributed by atoms with van der Waals surface area (Å²) in [5, 5.41) is 8.92. The van der Waals surface area contributed by atoms with Crippen LogP contribution in [0.2, 0.25) is 0 Å². The second kappa shape index (κ2) is 5.30. The van der Waals surface area contributed by atoms with E-state index in [1.165, 1.54) is 18.2 Å². The maximum absolute atomic E-state index is 12.2. The first-order valence-electron chi connectivity index (χ1n) is 6.08. The van der Waals surface area contributed by atoms with E-state index >= 15 is 0 Å². The standard InChI is InChI=1S/C13H16O5S/c1-9-7-11(4-5-12(9)13(14)15)19(16,17)8-10-3-2-6-18-10/h4-5,7,10H,2-3,6,8H2,1H3,(H,14,15). The maximum Gasteiger partial charge on any atom is 0.335 e. The molecule has 1 unspecified atom stereocenters. The number of hydrogen-bond acceptors (Lipinski definition) is 4. The normalized spacial score (nSPS) is 19.5. The average Bonchev–Trinajstić information content (AvgIpc) is 2.80. The Hall–Kier alpha value is -1.40. The van der Waals surface area contributed by atoms with Crippen LogP contribution in [0.25, 0.3) is 0 Å². The molecular formula is C13H16O5S. The van der Waals surface area contributed by atoms with Crippen LogP contribution in [0, 0.1) is 6.92 Å². The van der Waals surface area contributed by atoms with Crippen LogP contribution in [0.15, 0.2) is 23.1 Å². The van der Waals surface area contributed by atoms with Gasteiger partial charge in [-0.1, -0.05) is 0 Å². The van der Waals surface area contributed by atoms with Crippen LogP contribution in [0.3, 0.4) is 0 Å². The highest BCUT2D eigenvalue weighted by Gasteiger charge is 2.25. The molecule has 0 aromatic heterocycles. The largest absolute Gasteiger partial charge is 0.478 e. The van der Waals surface area contributed by atoms with E-state index in [1.807, 2.05) is 0 Å². The Morgan fingerprint density at radius 2 is 2.21 bits per heavy atom. The van der Waals surface area contributed by atoms with Crippen LogP contribution in [-0.4, -0.2) is 38.0 Å². The Kier molecular flexibility index (Phi) is 3.91. The lowest BCUT2D eigenvalue weighted by atomic mass is 10.1. The minimum absolute atomic E-state index is 0.0428. The molecule has 0 bridgehead atoms. The van der Waals surface area contributed by atoms with Gasteiger partial charge in [-0.05, 0) is 43.5 Å². The molecule has 6 heteroatoms. The molecule has 1 N–H and O–H groups in total. The molecule has 1 aromatic carbocycles. The molecule has 1 aromatic rings. The zero-order chi connectivity index (χ0) is 14.0. The van der Waals surface area contributed by atoms with Crippen molar-refractivity contribution in [2.24, 2.45) is 0 Å². The molecule has 1 saturated heterocycles. The lowest BCUT2D eigenvalue weighted by molar-refractivity contribution is 0.0696. The average molecular weight is 284 g/mol. The second-order valence-electron chi connectivity index (χ2n) is 4.70. The van der Waals surface area contributed by atoms with Gasteiger partial charge in [0.1, 0.15) is 0 Å². The van der Waals surface area contributed by atoms with E-state index < -0.39 is 15.8 Å². The van der Waals surface area contributed by atoms with Crippen LogP contribution in [0.5, 0.6) is 0 Å². The summed E-state index contributed by atoms with van der Waals surface area (Å²) in [7, 11) is -3.43. The third kappa shape index (κ3) is 3.13. The first kappa shape index (κ1) is 14.0. The number of carboxylic acids is 1. The quantitative estimate of drug-likeness (QED) is 0.909. The summed E-state index contributed by atoms with van der Waals surface area (Å²) < 4.78 is 29.7. The number of aryl methyl sites for hydroxylation is 1. The summed E-state index contributed by atoms with van der Waals surface area (Å²) in [6.07, 6.45) is 1.40. The van der Waals surface area contributed by atoms with E-state index in [0.29, 0.717) is 12.2 Å². The Bertz CT molecular complexity index is 585. The number of hydrogen-bond donors (Lipinski definition) is 1. The molecule has 0 amide bonds. The van der Waals surface area contributed by atoms with Crippen molar-refractivity contribution in [2.45, 2.75) is 30.8 Å². The molecular weight excluding hydrogens is 268 g/mol. The molecule has 5 nitrogen and oxygen atoms in total. The highest BCUT2D eigenvalue weighted by molar-refractivity contribution is 7.91. The minimum Gasteiger partial charge on any atom is -0.478 e. The lowest BCUT2D eigenvalue weighted by Crippen LogP contribution is -2.20. The third-order valence-electron chi connectivity index (χ3n) is 3.22. The molecule has 0 radical (unpaired) electrons. The summed E-state index contributed by atoms with van der Waals surface area (Å²) >= 11 is 0. The van der Waals surface area contributed by atoms with E-state index in [2.05, 4.69) is 0 Å². The maximum atomic E-state index is 12.2. The van der Waals surface area contributed by atoms with Gasteiger partial charge in [0.25, 0.3) is 0 Å². The fraction of sp³-hybridized carbons (Fsp3) is 0.462. The molecule has 104 valence electrons. The van der Waals surface area contributed by atoms with Gasteiger partial charge < -0.3 is 9.84 Å². The van der Waals surface area contributed by atoms with E-state index in [9.17, 15) is 13.2 Å². The Balaban J connectivity index is 2.25. The molecule has 19 heavy (non-hydrogen) atoms. The summed E-state index contributed by atoms with van der Waals surface area (Å²) in [6, 6.07) is 4.09. The highest BCUT2D eigenvalue weighted by Crippen LogP contribution is 2.21. The number of carbonyl (C=O) groups is 1. The number of ether oxygens (including phenoxy) is 1. The molecule has 2 rings (SSSR count). The highest BCUT2D eigenvalue weighted by atomic mass is 32.2. The van der Waals surface area contributed by atoms with Crippen molar-refractivity contribution in [3.63, 3.8) is 0 Å². The summed E-state index contributed by atoms with van der Waals surface area (Å²) in [5.41, 5.74) is 0.567. The van der Waals surface area contributed by atoms with Gasteiger partial charge >= 0.3 is 5.97 Å². The fourth-order valence-electron chi connectivity index (χ4n) is 2.19. The number of rotatable bonds is 4. The zero-order valence-corrected chi connectivity index (χ0v) is 11.4. The Morgan fingerprint density at radius 1 is 1.47 bits per heavy atom. The molecule has 1 atom stereocenters. The first-order chi connectivity index (χ1) is 8.90. The van der Waals surface area contributed by atoms with E-state index in [-0.39, 0.29) is 22.3 Å². The number of sulfone groups is 1. The smallest absolute Gasteiger partial charge is 0.335 e. The van der Waals surface area contributed by atoms with Crippen molar-refractivity contribution in [3.05, 3.63) is 29.3 Å². The molecule has 1 fully saturated rings. The van der Waals surface area contributed by atoms with Crippen LogP contribution >= 0.6 is 0 Å². The van der Waals surface area contributed by atoms with Gasteiger partial charge in [0.2, 0.25) is 0 Å². The van der Waals surface area contributed by atoms with Gasteiger partial charge in [-0.25, -0.2) is 13.2 Å². The van der Waals surface area contributed by atoms with E-state index in [4.69, 9.17) is 9.84 Å². The van der Waals surface area contributed by atoms with Crippen LogP contribution in [0.4, 0.5) is 0 Å². The molecule has 0 saturated carbocycles. The number of benzene rings is 1. The van der Waals surface area contributed by atoms with Crippen molar-refractivity contribution in [2.75, 3.05) is 12.4 Å². The van der Waals surface area contributed by atoms with Gasteiger partial charge in [-0.15, -0.1) is 0 Å². The van der Waals surface area contributed by atoms with Crippen molar-refractivity contribution >= 4 is 15.8 Å². The van der Waals surface area contributed by atoms with Gasteiger partial charge in [0.15, 0.2) is 9.84 Å². The summed E-state index contributed by atoms with van der Waals surface area (Å²) in [6.45, 7) is 2.20. The monoisotopic (exact) mass is 284 g/mol. The third-order valence-corrected chi connectivity index (χ3v) is 5.00. The van der Waals surface area contributed by atoms with Gasteiger partial charge in [0, 0.05) is 6.61 Å². The van der Waals surface area contributed by atoms with Crippen molar-refractivity contribution in [3.8, 4) is 0 Å². The predicted molar refractivity (Wildman–Crippen MR) is 69.2 cm³/mol. The predicted octanol–water partition coefficient (Wildman–Crippen LogP) is 1.65. The van der Waals surface area contributed by atoms with Crippen molar-refractivity contribution in [1.82, 2.24) is 0 Å². The van der Waals surface area contributed by atoms with Gasteiger partial charge in [-0.2, -0.15) is 0 Å². The Labute approximate surface area is 112 Å². The summed E-state index contributed by atoms with van der Waals surface area (Å²) in [4.78, 5) is 11.0. The molecule has 1 heterocycles. The van der Waals surface area contributed by atoms with Gasteiger partial charge in [0.05, 0.1) is 22.3 Å². The minimum atomic E-state index is -3.43. The van der Waals surface area contributed by atoms with Crippen LogP contribution < -0.4 is 0 Å². The zero-order valence-electron chi connectivity index (χ0n) is 10.6. The molecule has 0 spiro atoms. The van der Waals surface area contributed by atoms with E-state index in [1.54, 1.807) is 6.92 Å². The SMILES string of the molecule is Cc1cc(S(=O)(=O)CC2CCCO2)ccc1C(=O)O. The molecule has 1 aliphatic rings. The fourth-order valence-corrected chi connectivity index (χ4v) is 3.76. The lowest BCUT2D eigenvalue weighted by Gasteiger charge is -2.11. The summed E-state index contributed by atoms with van der Waals surface area (Å²) in [5.74, 6) is -1.10. The van der Waals surface area contributed by atoms with Gasteiger partial charge in [-0.3, -0.25) is 0 Å². The first-order valence-corrected chi connectivity index (χ1v) is 7.74.